The predicted molar refractivity (Wildman–Crippen MR) is 83.8 cm³/mol. The van der Waals surface area contributed by atoms with Gasteiger partial charge in [0.1, 0.15) is 17.3 Å². The fraction of sp³-hybridized carbons (Fsp3) is 0.444. The van der Waals surface area contributed by atoms with Crippen molar-refractivity contribution in [1.29, 1.82) is 0 Å². The largest absolute Gasteiger partial charge is 0.497 e. The Morgan fingerprint density at radius 2 is 1.86 bits per heavy atom. The van der Waals surface area contributed by atoms with Gasteiger partial charge in [0.15, 0.2) is 0 Å². The molecule has 1 aromatic heterocycles. The van der Waals surface area contributed by atoms with Gasteiger partial charge < -0.3 is 14.5 Å². The molecular weight excluding hydrogens is 262 g/mol. The molecule has 0 aliphatic heterocycles. The lowest BCUT2D eigenvalue weighted by atomic mass is 9.75. The van der Waals surface area contributed by atoms with Gasteiger partial charge in [-0.25, -0.2) is 0 Å². The van der Waals surface area contributed by atoms with Crippen molar-refractivity contribution in [2.45, 2.75) is 44.7 Å². The number of aryl methyl sites for hydroxylation is 1. The topological polar surface area (TPSA) is 34.4 Å². The normalized spacial score (nSPS) is 22.6. The maximum atomic E-state index is 5.68. The Morgan fingerprint density at radius 3 is 2.43 bits per heavy atom. The minimum Gasteiger partial charge on any atom is -0.497 e. The SMILES string of the molecule is COc1ccc(C2CC(NC(C)c3ccc(C)o3)C2)cc1. The van der Waals surface area contributed by atoms with E-state index in [1.165, 1.54) is 18.4 Å². The average molecular weight is 285 g/mol. The molecule has 1 aromatic carbocycles. The van der Waals surface area contributed by atoms with E-state index in [1.807, 2.05) is 25.1 Å². The number of rotatable bonds is 5. The Bertz CT molecular complexity index is 582. The fourth-order valence-electron chi connectivity index (χ4n) is 3.02. The molecule has 1 heterocycles. The number of benzene rings is 1. The third kappa shape index (κ3) is 3.13. The van der Waals surface area contributed by atoms with Gasteiger partial charge in [-0.05, 0) is 62.4 Å². The van der Waals surface area contributed by atoms with E-state index >= 15 is 0 Å². The summed E-state index contributed by atoms with van der Waals surface area (Å²) in [7, 11) is 1.70. The number of methoxy groups -OCH3 is 1. The van der Waals surface area contributed by atoms with Crippen LogP contribution in [0, 0.1) is 6.92 Å². The van der Waals surface area contributed by atoms with Crippen molar-refractivity contribution in [3.63, 3.8) is 0 Å². The Hall–Kier alpha value is -1.74. The number of hydrogen-bond donors (Lipinski definition) is 1. The molecule has 1 saturated carbocycles. The molecule has 1 N–H and O–H groups in total. The van der Waals surface area contributed by atoms with Crippen molar-refractivity contribution in [2.24, 2.45) is 0 Å². The first-order valence-corrected chi connectivity index (χ1v) is 7.62. The van der Waals surface area contributed by atoms with E-state index in [-0.39, 0.29) is 6.04 Å². The second kappa shape index (κ2) is 5.94. The first kappa shape index (κ1) is 14.2. The summed E-state index contributed by atoms with van der Waals surface area (Å²) < 4.78 is 10.9. The Kier molecular flexibility index (Phi) is 4.02. The third-order valence-corrected chi connectivity index (χ3v) is 4.40. The summed E-state index contributed by atoms with van der Waals surface area (Å²) in [5.41, 5.74) is 1.41. The summed E-state index contributed by atoms with van der Waals surface area (Å²) in [4.78, 5) is 0. The van der Waals surface area contributed by atoms with E-state index in [2.05, 4.69) is 30.4 Å². The zero-order valence-electron chi connectivity index (χ0n) is 12.9. The number of furan rings is 1. The monoisotopic (exact) mass is 285 g/mol. The molecule has 1 fully saturated rings. The van der Waals surface area contributed by atoms with Crippen LogP contribution >= 0.6 is 0 Å². The molecule has 0 radical (unpaired) electrons. The minimum atomic E-state index is 0.278. The molecule has 1 aliphatic carbocycles. The van der Waals surface area contributed by atoms with Crippen LogP contribution in [0.15, 0.2) is 40.8 Å². The maximum Gasteiger partial charge on any atom is 0.120 e. The van der Waals surface area contributed by atoms with E-state index in [4.69, 9.17) is 9.15 Å². The quantitative estimate of drug-likeness (QED) is 0.894. The van der Waals surface area contributed by atoms with Gasteiger partial charge in [0.25, 0.3) is 0 Å². The molecule has 1 aliphatic rings. The zero-order valence-corrected chi connectivity index (χ0v) is 12.9. The van der Waals surface area contributed by atoms with E-state index in [0.29, 0.717) is 12.0 Å². The van der Waals surface area contributed by atoms with Gasteiger partial charge in [-0.2, -0.15) is 0 Å². The summed E-state index contributed by atoms with van der Waals surface area (Å²) in [5, 5.41) is 3.65. The average Bonchev–Trinajstić information content (AvgIpc) is 2.89. The van der Waals surface area contributed by atoms with Crippen LogP contribution in [0.5, 0.6) is 5.75 Å². The van der Waals surface area contributed by atoms with E-state index in [1.54, 1.807) is 7.11 Å². The van der Waals surface area contributed by atoms with Crippen molar-refractivity contribution < 1.29 is 9.15 Å². The van der Waals surface area contributed by atoms with Crippen LogP contribution in [0.1, 0.15) is 48.8 Å². The van der Waals surface area contributed by atoms with Crippen molar-refractivity contribution in [3.8, 4) is 5.75 Å². The molecule has 2 aromatic rings. The van der Waals surface area contributed by atoms with Crippen molar-refractivity contribution in [3.05, 3.63) is 53.5 Å². The van der Waals surface area contributed by atoms with Gasteiger partial charge in [-0.1, -0.05) is 12.1 Å². The Labute approximate surface area is 126 Å². The highest BCUT2D eigenvalue weighted by Gasteiger charge is 2.31. The summed E-state index contributed by atoms with van der Waals surface area (Å²) in [5.74, 6) is 3.59. The van der Waals surface area contributed by atoms with Crippen LogP contribution in [0.3, 0.4) is 0 Å². The molecule has 3 heteroatoms. The highest BCUT2D eigenvalue weighted by Crippen LogP contribution is 2.38. The van der Waals surface area contributed by atoms with Gasteiger partial charge in [0.05, 0.1) is 13.2 Å². The summed E-state index contributed by atoms with van der Waals surface area (Å²) >= 11 is 0. The van der Waals surface area contributed by atoms with Crippen molar-refractivity contribution >= 4 is 0 Å². The second-order valence-electron chi connectivity index (χ2n) is 5.98. The molecule has 0 spiro atoms. The molecule has 112 valence electrons. The highest BCUT2D eigenvalue weighted by atomic mass is 16.5. The standard InChI is InChI=1S/C18H23NO2/c1-12-4-9-18(21-12)13(2)19-16-10-15(11-16)14-5-7-17(20-3)8-6-14/h4-9,13,15-16,19H,10-11H2,1-3H3. The molecular formula is C18H23NO2. The maximum absolute atomic E-state index is 5.68. The zero-order chi connectivity index (χ0) is 14.8. The van der Waals surface area contributed by atoms with E-state index < -0.39 is 0 Å². The Morgan fingerprint density at radius 1 is 1.14 bits per heavy atom. The van der Waals surface area contributed by atoms with Crippen LogP contribution in [-0.2, 0) is 0 Å². The van der Waals surface area contributed by atoms with Crippen LogP contribution < -0.4 is 10.1 Å². The number of nitrogens with one attached hydrogen (secondary N) is 1. The third-order valence-electron chi connectivity index (χ3n) is 4.40. The summed E-state index contributed by atoms with van der Waals surface area (Å²) in [6.45, 7) is 4.15. The van der Waals surface area contributed by atoms with Crippen molar-refractivity contribution in [2.75, 3.05) is 7.11 Å². The van der Waals surface area contributed by atoms with Gasteiger partial charge in [-0.15, -0.1) is 0 Å². The molecule has 3 rings (SSSR count). The van der Waals surface area contributed by atoms with E-state index in [0.717, 1.165) is 17.3 Å². The second-order valence-corrected chi connectivity index (χ2v) is 5.98. The van der Waals surface area contributed by atoms with Crippen molar-refractivity contribution in [1.82, 2.24) is 5.32 Å². The van der Waals surface area contributed by atoms with Crippen LogP contribution in [-0.4, -0.2) is 13.2 Å². The van der Waals surface area contributed by atoms with E-state index in [9.17, 15) is 0 Å². The Balaban J connectivity index is 1.51. The molecule has 21 heavy (non-hydrogen) atoms. The molecule has 1 unspecified atom stereocenters. The summed E-state index contributed by atoms with van der Waals surface area (Å²) in [6, 6.07) is 13.4. The van der Waals surface area contributed by atoms with Crippen LogP contribution in [0.4, 0.5) is 0 Å². The first-order chi connectivity index (χ1) is 10.2. The number of ether oxygens (including phenoxy) is 1. The summed E-state index contributed by atoms with van der Waals surface area (Å²) in [6.07, 6.45) is 2.38. The smallest absolute Gasteiger partial charge is 0.120 e. The lowest BCUT2D eigenvalue weighted by molar-refractivity contribution is 0.257. The van der Waals surface area contributed by atoms with Crippen LogP contribution in [0.25, 0.3) is 0 Å². The van der Waals surface area contributed by atoms with Gasteiger partial charge in [0, 0.05) is 6.04 Å². The van der Waals surface area contributed by atoms with Gasteiger partial charge in [-0.3, -0.25) is 0 Å². The van der Waals surface area contributed by atoms with Gasteiger partial charge >= 0.3 is 0 Å². The van der Waals surface area contributed by atoms with Crippen LogP contribution in [0.2, 0.25) is 0 Å². The number of hydrogen-bond acceptors (Lipinski definition) is 3. The predicted octanol–water partition coefficient (Wildman–Crippen LogP) is 4.19. The molecule has 0 saturated heterocycles. The minimum absolute atomic E-state index is 0.278. The lowest BCUT2D eigenvalue weighted by Gasteiger charge is -2.38. The molecule has 1 atom stereocenters. The molecule has 0 amide bonds. The molecule has 3 nitrogen and oxygen atoms in total. The molecule has 0 bridgehead atoms. The first-order valence-electron chi connectivity index (χ1n) is 7.62. The van der Waals surface area contributed by atoms with Gasteiger partial charge in [0.2, 0.25) is 0 Å². The fourth-order valence-corrected chi connectivity index (χ4v) is 3.02. The lowest BCUT2D eigenvalue weighted by Crippen LogP contribution is -2.41. The highest BCUT2D eigenvalue weighted by molar-refractivity contribution is 5.31.